The number of carboxylic acids is 1. The van der Waals surface area contributed by atoms with Crippen LogP contribution in [0.2, 0.25) is 0 Å². The molecule has 0 aliphatic rings. The second-order valence-corrected chi connectivity index (χ2v) is 5.56. The van der Waals surface area contributed by atoms with Crippen molar-refractivity contribution < 1.29 is 28.9 Å². The summed E-state index contributed by atoms with van der Waals surface area (Å²) in [6, 6.07) is 0. The van der Waals surface area contributed by atoms with Gasteiger partial charge in [0.05, 0.1) is 46.2 Å². The fourth-order valence-electron chi connectivity index (χ4n) is 1.97. The van der Waals surface area contributed by atoms with Crippen molar-refractivity contribution in [1.82, 2.24) is 10.2 Å². The highest BCUT2D eigenvalue weighted by atomic mass is 16.5. The van der Waals surface area contributed by atoms with E-state index in [0.29, 0.717) is 59.2 Å². The summed E-state index contributed by atoms with van der Waals surface area (Å²) in [6.45, 7) is 8.72. The molecule has 0 fully saturated rings. The predicted octanol–water partition coefficient (Wildman–Crippen LogP) is 0.749. The summed E-state index contributed by atoms with van der Waals surface area (Å²) >= 11 is 0. The topological polar surface area (TPSA) is 97.3 Å². The molecule has 2 N–H and O–H groups in total. The molecule has 0 spiro atoms. The number of amides is 1. The van der Waals surface area contributed by atoms with Gasteiger partial charge in [-0.2, -0.15) is 0 Å². The molecule has 0 bridgehead atoms. The quantitative estimate of drug-likeness (QED) is 0.347. The molecule has 0 aliphatic carbocycles. The third kappa shape index (κ3) is 17.4. The minimum atomic E-state index is -0.811. The standard InChI is InChI=1S/C17H34N2O6/c1-3-5-7-19(15-17(21)22)8-10-24-12-14-25-13-11-23-9-6-18-16(20)4-2/h3-15H2,1-2H3,(H,18,20)(H,21,22). The zero-order valence-corrected chi connectivity index (χ0v) is 15.6. The van der Waals surface area contributed by atoms with Crippen molar-refractivity contribution in [1.29, 1.82) is 0 Å². The summed E-state index contributed by atoms with van der Waals surface area (Å²) in [7, 11) is 0. The van der Waals surface area contributed by atoms with Gasteiger partial charge < -0.3 is 24.6 Å². The molecule has 148 valence electrons. The molecule has 0 rings (SSSR count). The number of hydrogen-bond donors (Lipinski definition) is 2. The van der Waals surface area contributed by atoms with Gasteiger partial charge in [-0.25, -0.2) is 0 Å². The van der Waals surface area contributed by atoms with Gasteiger partial charge in [-0.05, 0) is 13.0 Å². The number of nitrogens with one attached hydrogen (secondary N) is 1. The number of carbonyl (C=O) groups is 2. The summed E-state index contributed by atoms with van der Waals surface area (Å²) < 4.78 is 16.2. The third-order valence-electron chi connectivity index (χ3n) is 3.37. The van der Waals surface area contributed by atoms with Crippen molar-refractivity contribution in [2.75, 3.05) is 65.8 Å². The minimum absolute atomic E-state index is 0.0219. The van der Waals surface area contributed by atoms with Crippen molar-refractivity contribution in [3.63, 3.8) is 0 Å². The Morgan fingerprint density at radius 3 is 2.08 bits per heavy atom. The van der Waals surface area contributed by atoms with Crippen molar-refractivity contribution in [2.45, 2.75) is 33.1 Å². The van der Waals surface area contributed by atoms with Crippen molar-refractivity contribution in [3.05, 3.63) is 0 Å². The second kappa shape index (κ2) is 17.6. The molecule has 0 aliphatic heterocycles. The first-order valence-corrected chi connectivity index (χ1v) is 9.04. The molecule has 0 unspecified atom stereocenters. The van der Waals surface area contributed by atoms with Gasteiger partial charge >= 0.3 is 5.97 Å². The lowest BCUT2D eigenvalue weighted by Gasteiger charge is -2.19. The molecule has 8 heteroatoms. The van der Waals surface area contributed by atoms with Crippen LogP contribution in [-0.2, 0) is 23.8 Å². The van der Waals surface area contributed by atoms with Crippen LogP contribution in [0.15, 0.2) is 0 Å². The first kappa shape index (κ1) is 23.8. The molecule has 0 heterocycles. The van der Waals surface area contributed by atoms with Gasteiger partial charge in [0.15, 0.2) is 0 Å². The first-order chi connectivity index (χ1) is 12.1. The minimum Gasteiger partial charge on any atom is -0.480 e. The van der Waals surface area contributed by atoms with Crippen molar-refractivity contribution in [3.8, 4) is 0 Å². The number of aliphatic carboxylic acids is 1. The number of hydrogen-bond acceptors (Lipinski definition) is 6. The van der Waals surface area contributed by atoms with E-state index in [1.165, 1.54) is 0 Å². The van der Waals surface area contributed by atoms with E-state index in [1.54, 1.807) is 6.92 Å². The SMILES string of the molecule is CCCCN(CCOCCOCCOCCNC(=O)CC)CC(=O)O. The van der Waals surface area contributed by atoms with Crippen LogP contribution in [0, 0.1) is 0 Å². The van der Waals surface area contributed by atoms with Crippen molar-refractivity contribution in [2.24, 2.45) is 0 Å². The van der Waals surface area contributed by atoms with E-state index in [9.17, 15) is 9.59 Å². The molecular weight excluding hydrogens is 328 g/mol. The zero-order valence-electron chi connectivity index (χ0n) is 15.6. The Balaban J connectivity index is 3.38. The molecule has 8 nitrogen and oxygen atoms in total. The van der Waals surface area contributed by atoms with E-state index in [0.717, 1.165) is 19.4 Å². The molecule has 0 atom stereocenters. The molecule has 0 aromatic heterocycles. The molecular formula is C17H34N2O6. The van der Waals surface area contributed by atoms with E-state index in [1.807, 2.05) is 4.90 Å². The normalized spacial score (nSPS) is 11.0. The Kier molecular flexibility index (Phi) is 16.7. The van der Waals surface area contributed by atoms with Crippen LogP contribution >= 0.6 is 0 Å². The number of ether oxygens (including phenoxy) is 3. The second-order valence-electron chi connectivity index (χ2n) is 5.56. The maximum absolute atomic E-state index is 11.0. The monoisotopic (exact) mass is 362 g/mol. The number of nitrogens with zero attached hydrogens (tertiary/aromatic N) is 1. The summed E-state index contributed by atoms with van der Waals surface area (Å²) in [6.07, 6.45) is 2.51. The Bertz CT molecular complexity index is 341. The number of rotatable bonds is 18. The summed E-state index contributed by atoms with van der Waals surface area (Å²) in [5.74, 6) is -0.790. The Morgan fingerprint density at radius 2 is 1.52 bits per heavy atom. The maximum atomic E-state index is 11.0. The molecule has 0 saturated heterocycles. The summed E-state index contributed by atoms with van der Waals surface area (Å²) in [4.78, 5) is 23.7. The highest BCUT2D eigenvalue weighted by Gasteiger charge is 2.08. The molecule has 0 aromatic carbocycles. The van der Waals surface area contributed by atoms with Crippen molar-refractivity contribution >= 4 is 11.9 Å². The van der Waals surface area contributed by atoms with Crippen LogP contribution in [0.3, 0.4) is 0 Å². The zero-order chi connectivity index (χ0) is 18.8. The summed E-state index contributed by atoms with van der Waals surface area (Å²) in [5.41, 5.74) is 0. The van der Waals surface area contributed by atoms with E-state index < -0.39 is 5.97 Å². The van der Waals surface area contributed by atoms with Gasteiger partial charge in [-0.15, -0.1) is 0 Å². The van der Waals surface area contributed by atoms with Gasteiger partial charge in [0.2, 0.25) is 5.91 Å². The van der Waals surface area contributed by atoms with Crippen LogP contribution < -0.4 is 5.32 Å². The van der Waals surface area contributed by atoms with Gasteiger partial charge in [0.25, 0.3) is 0 Å². The van der Waals surface area contributed by atoms with Crippen LogP contribution in [0.1, 0.15) is 33.1 Å². The number of carboxylic acid groups (broad SMARTS) is 1. The smallest absolute Gasteiger partial charge is 0.317 e. The highest BCUT2D eigenvalue weighted by Crippen LogP contribution is 1.95. The Hall–Kier alpha value is -1.22. The highest BCUT2D eigenvalue weighted by molar-refractivity contribution is 5.75. The van der Waals surface area contributed by atoms with Crippen LogP contribution in [-0.4, -0.2) is 87.7 Å². The fraction of sp³-hybridized carbons (Fsp3) is 0.882. The molecule has 0 saturated carbocycles. The Labute approximate surface area is 150 Å². The van der Waals surface area contributed by atoms with E-state index in [-0.39, 0.29) is 12.5 Å². The van der Waals surface area contributed by atoms with E-state index in [2.05, 4.69) is 12.2 Å². The average molecular weight is 362 g/mol. The van der Waals surface area contributed by atoms with Gasteiger partial charge in [0, 0.05) is 19.5 Å². The lowest BCUT2D eigenvalue weighted by Crippen LogP contribution is -2.33. The molecule has 0 aromatic rings. The number of carbonyl (C=O) groups excluding carboxylic acids is 1. The molecule has 25 heavy (non-hydrogen) atoms. The summed E-state index contributed by atoms with van der Waals surface area (Å²) in [5, 5.41) is 11.6. The first-order valence-electron chi connectivity index (χ1n) is 9.04. The van der Waals surface area contributed by atoms with Crippen LogP contribution in [0.4, 0.5) is 0 Å². The fourth-order valence-corrected chi connectivity index (χ4v) is 1.97. The third-order valence-corrected chi connectivity index (χ3v) is 3.37. The van der Waals surface area contributed by atoms with E-state index in [4.69, 9.17) is 19.3 Å². The lowest BCUT2D eigenvalue weighted by atomic mass is 10.3. The largest absolute Gasteiger partial charge is 0.480 e. The van der Waals surface area contributed by atoms with Gasteiger partial charge in [-0.1, -0.05) is 20.3 Å². The maximum Gasteiger partial charge on any atom is 0.317 e. The molecule has 0 radical (unpaired) electrons. The average Bonchev–Trinajstić information content (AvgIpc) is 2.59. The molecule has 1 amide bonds. The number of unbranched alkanes of at least 4 members (excludes halogenated alkanes) is 1. The Morgan fingerprint density at radius 1 is 0.920 bits per heavy atom. The van der Waals surface area contributed by atoms with Gasteiger partial charge in [-0.3, -0.25) is 14.5 Å². The van der Waals surface area contributed by atoms with E-state index >= 15 is 0 Å². The van der Waals surface area contributed by atoms with Gasteiger partial charge in [0.1, 0.15) is 0 Å². The van der Waals surface area contributed by atoms with Crippen LogP contribution in [0.5, 0.6) is 0 Å². The van der Waals surface area contributed by atoms with Crippen LogP contribution in [0.25, 0.3) is 0 Å². The lowest BCUT2D eigenvalue weighted by molar-refractivity contribution is -0.138. The predicted molar refractivity (Wildman–Crippen MR) is 94.7 cm³/mol.